The van der Waals surface area contributed by atoms with E-state index in [-0.39, 0.29) is 30.3 Å². The zero-order chi connectivity index (χ0) is 22.1. The third-order valence-electron chi connectivity index (χ3n) is 5.84. The van der Waals surface area contributed by atoms with Crippen molar-refractivity contribution in [2.24, 2.45) is 0 Å². The first-order valence-corrected chi connectivity index (χ1v) is 11.7. The van der Waals surface area contributed by atoms with E-state index < -0.39 is 6.04 Å². The highest BCUT2D eigenvalue weighted by Crippen LogP contribution is 2.41. The minimum absolute atomic E-state index is 0.0949. The summed E-state index contributed by atoms with van der Waals surface area (Å²) in [6, 6.07) is 14.7. The highest BCUT2D eigenvalue weighted by atomic mass is 32.1. The Morgan fingerprint density at radius 3 is 2.66 bits per heavy atom. The number of aryl methyl sites for hydroxylation is 1. The van der Waals surface area contributed by atoms with Crippen molar-refractivity contribution in [1.82, 2.24) is 20.5 Å². The summed E-state index contributed by atoms with van der Waals surface area (Å²) in [5.41, 5.74) is 2.31. The summed E-state index contributed by atoms with van der Waals surface area (Å²) in [7, 11) is 0. The smallest absolute Gasteiger partial charge is 0.255 e. The molecule has 5 rings (SSSR count). The van der Waals surface area contributed by atoms with Crippen LogP contribution in [0, 0.1) is 0 Å². The number of aromatic nitrogens is 1. The topological polar surface area (TPSA) is 91.4 Å². The molecule has 1 fully saturated rings. The minimum Gasteiger partial charge on any atom is -0.355 e. The molecule has 2 aromatic carbocycles. The number of fused-ring (bicyclic) bond motifs is 2. The van der Waals surface area contributed by atoms with Crippen LogP contribution in [-0.2, 0) is 16.0 Å². The number of carbonyl (C=O) groups is 3. The van der Waals surface area contributed by atoms with Crippen LogP contribution >= 0.6 is 11.3 Å². The van der Waals surface area contributed by atoms with Crippen molar-refractivity contribution in [1.29, 1.82) is 0 Å². The maximum Gasteiger partial charge on any atom is 0.255 e. The van der Waals surface area contributed by atoms with Gasteiger partial charge in [0.1, 0.15) is 6.04 Å². The fraction of sp³-hybridized carbons (Fsp3) is 0.333. The monoisotopic (exact) mass is 448 g/mol. The molecule has 1 aliphatic heterocycles. The van der Waals surface area contributed by atoms with Crippen LogP contribution in [-0.4, -0.2) is 46.7 Å². The maximum absolute atomic E-state index is 12.9. The van der Waals surface area contributed by atoms with E-state index in [0.717, 1.165) is 41.8 Å². The number of amides is 3. The molecule has 3 amide bonds. The summed E-state index contributed by atoms with van der Waals surface area (Å²) in [4.78, 5) is 44.2. The van der Waals surface area contributed by atoms with Crippen molar-refractivity contribution < 1.29 is 14.4 Å². The number of carbonyl (C=O) groups excluding carboxylic acids is 3. The largest absolute Gasteiger partial charge is 0.355 e. The molecule has 0 bridgehead atoms. The minimum atomic E-state index is -0.655. The summed E-state index contributed by atoms with van der Waals surface area (Å²) in [6.45, 7) is 0.412. The zero-order valence-corrected chi connectivity index (χ0v) is 18.4. The molecule has 2 N–H and O–H groups in total. The molecule has 0 saturated heterocycles. The standard InChI is InChI=1S/C24H24N4O3S/c29-20(25-13-5-10-21-27-18-8-3-4-9-19(18)32-21)14-26-23(30)22-16-6-1-2-7-17(16)24(31)28(22)15-11-12-15/h1-4,6-9,15,22H,5,10-14H2,(H,25,29)(H,26,30). The van der Waals surface area contributed by atoms with E-state index in [1.54, 1.807) is 22.3 Å². The molecule has 0 radical (unpaired) electrons. The maximum atomic E-state index is 12.9. The first-order valence-electron chi connectivity index (χ1n) is 10.9. The highest BCUT2D eigenvalue weighted by molar-refractivity contribution is 7.18. The van der Waals surface area contributed by atoms with Crippen LogP contribution in [0.1, 0.15) is 46.2 Å². The van der Waals surface area contributed by atoms with Crippen molar-refractivity contribution in [3.63, 3.8) is 0 Å². The van der Waals surface area contributed by atoms with E-state index in [2.05, 4.69) is 21.7 Å². The quantitative estimate of drug-likeness (QED) is 0.519. The van der Waals surface area contributed by atoms with E-state index in [0.29, 0.717) is 12.1 Å². The molecule has 1 saturated carbocycles. The molecule has 1 atom stereocenters. The van der Waals surface area contributed by atoms with Crippen LogP contribution in [0.4, 0.5) is 0 Å². The Morgan fingerprint density at radius 1 is 1.06 bits per heavy atom. The van der Waals surface area contributed by atoms with Gasteiger partial charge < -0.3 is 15.5 Å². The van der Waals surface area contributed by atoms with Crippen LogP contribution in [0.15, 0.2) is 48.5 Å². The molecule has 8 heteroatoms. The zero-order valence-electron chi connectivity index (χ0n) is 17.5. The van der Waals surface area contributed by atoms with Gasteiger partial charge in [0.25, 0.3) is 5.91 Å². The Bertz CT molecular complexity index is 1150. The Labute approximate surface area is 189 Å². The summed E-state index contributed by atoms with van der Waals surface area (Å²) < 4.78 is 1.17. The second kappa shape index (κ2) is 8.70. The molecule has 0 spiro atoms. The number of para-hydroxylation sites is 1. The lowest BCUT2D eigenvalue weighted by atomic mass is 10.0. The Balaban J connectivity index is 1.10. The van der Waals surface area contributed by atoms with Gasteiger partial charge in [-0.25, -0.2) is 4.98 Å². The van der Waals surface area contributed by atoms with Crippen molar-refractivity contribution in [2.45, 2.75) is 37.8 Å². The van der Waals surface area contributed by atoms with Crippen molar-refractivity contribution in [2.75, 3.05) is 13.1 Å². The molecule has 1 aliphatic carbocycles. The van der Waals surface area contributed by atoms with Crippen LogP contribution in [0.25, 0.3) is 10.2 Å². The van der Waals surface area contributed by atoms with Crippen molar-refractivity contribution in [3.05, 3.63) is 64.7 Å². The van der Waals surface area contributed by atoms with E-state index in [9.17, 15) is 14.4 Å². The molecular weight excluding hydrogens is 424 g/mol. The number of hydrogen-bond acceptors (Lipinski definition) is 5. The lowest BCUT2D eigenvalue weighted by Gasteiger charge is -2.24. The average molecular weight is 449 g/mol. The van der Waals surface area contributed by atoms with E-state index in [1.807, 2.05) is 36.4 Å². The third kappa shape index (κ3) is 4.10. The van der Waals surface area contributed by atoms with Gasteiger partial charge in [0, 0.05) is 24.6 Å². The van der Waals surface area contributed by atoms with Gasteiger partial charge in [-0.2, -0.15) is 0 Å². The van der Waals surface area contributed by atoms with Gasteiger partial charge in [-0.1, -0.05) is 30.3 Å². The predicted molar refractivity (Wildman–Crippen MR) is 122 cm³/mol. The summed E-state index contributed by atoms with van der Waals surface area (Å²) in [6.07, 6.45) is 3.40. The number of thiazole rings is 1. The van der Waals surface area contributed by atoms with E-state index >= 15 is 0 Å². The van der Waals surface area contributed by atoms with Crippen LogP contribution in [0.2, 0.25) is 0 Å². The number of rotatable bonds is 8. The molecule has 1 unspecified atom stereocenters. The lowest BCUT2D eigenvalue weighted by molar-refractivity contribution is -0.129. The van der Waals surface area contributed by atoms with E-state index in [1.165, 1.54) is 4.70 Å². The van der Waals surface area contributed by atoms with Crippen LogP contribution in [0.5, 0.6) is 0 Å². The molecule has 2 aliphatic rings. The van der Waals surface area contributed by atoms with E-state index in [4.69, 9.17) is 0 Å². The van der Waals surface area contributed by atoms with Gasteiger partial charge in [0.2, 0.25) is 11.8 Å². The Kier molecular flexibility index (Phi) is 5.61. The molecule has 3 aromatic rings. The van der Waals surface area contributed by atoms with Crippen molar-refractivity contribution in [3.8, 4) is 0 Å². The fourth-order valence-corrected chi connectivity index (χ4v) is 5.16. The second-order valence-corrected chi connectivity index (χ2v) is 9.30. The van der Waals surface area contributed by atoms with Crippen LogP contribution < -0.4 is 10.6 Å². The number of nitrogens with one attached hydrogen (secondary N) is 2. The number of nitrogens with zero attached hydrogens (tertiary/aromatic N) is 2. The first kappa shape index (κ1) is 20.6. The SMILES string of the molecule is O=C(CNC(=O)C1c2ccccc2C(=O)N1C1CC1)NCCCc1nc2ccccc2s1. The molecular formula is C24H24N4O3S. The van der Waals surface area contributed by atoms with Crippen molar-refractivity contribution >= 4 is 39.3 Å². The molecule has 32 heavy (non-hydrogen) atoms. The lowest BCUT2D eigenvalue weighted by Crippen LogP contribution is -2.44. The Hall–Kier alpha value is -3.26. The molecule has 1 aromatic heterocycles. The summed E-state index contributed by atoms with van der Waals surface area (Å²) in [5, 5.41) is 6.62. The fourth-order valence-electron chi connectivity index (χ4n) is 4.15. The Morgan fingerprint density at radius 2 is 1.84 bits per heavy atom. The molecule has 7 nitrogen and oxygen atoms in total. The van der Waals surface area contributed by atoms with Gasteiger partial charge in [-0.3, -0.25) is 14.4 Å². The van der Waals surface area contributed by atoms with Gasteiger partial charge in [-0.05, 0) is 43.0 Å². The third-order valence-corrected chi connectivity index (χ3v) is 6.93. The average Bonchev–Trinajstić information content (AvgIpc) is 3.48. The summed E-state index contributed by atoms with van der Waals surface area (Å²) in [5.74, 6) is -0.638. The highest BCUT2D eigenvalue weighted by Gasteiger charge is 2.47. The predicted octanol–water partition coefficient (Wildman–Crippen LogP) is 2.82. The first-order chi connectivity index (χ1) is 15.6. The van der Waals surface area contributed by atoms with Gasteiger partial charge in [0.15, 0.2) is 0 Å². The number of benzene rings is 2. The number of hydrogen-bond donors (Lipinski definition) is 2. The van der Waals surface area contributed by atoms with Gasteiger partial charge in [-0.15, -0.1) is 11.3 Å². The van der Waals surface area contributed by atoms with Gasteiger partial charge in [0.05, 0.1) is 21.8 Å². The van der Waals surface area contributed by atoms with Crippen LogP contribution in [0.3, 0.4) is 0 Å². The normalized spacial score (nSPS) is 17.4. The molecule has 164 valence electrons. The van der Waals surface area contributed by atoms with Gasteiger partial charge >= 0.3 is 0 Å². The molecule has 2 heterocycles. The second-order valence-electron chi connectivity index (χ2n) is 8.18. The summed E-state index contributed by atoms with van der Waals surface area (Å²) >= 11 is 1.67.